The standard InChI is InChI=1S/C15H20FNO2/c1-2-3-7-18-8-6-17-11-14-10-12-9-13(16)4-5-15(12)19-14/h2,4-5,9,14,17H,1,3,6-8,10-11H2. The van der Waals surface area contributed by atoms with E-state index in [1.54, 1.807) is 12.1 Å². The molecule has 0 saturated carbocycles. The highest BCUT2D eigenvalue weighted by atomic mass is 19.1. The predicted molar refractivity (Wildman–Crippen MR) is 73.0 cm³/mol. The van der Waals surface area contributed by atoms with Gasteiger partial charge >= 0.3 is 0 Å². The van der Waals surface area contributed by atoms with Crippen molar-refractivity contribution in [3.05, 3.63) is 42.2 Å². The highest BCUT2D eigenvalue weighted by Gasteiger charge is 2.22. The second-order valence-corrected chi connectivity index (χ2v) is 4.59. The van der Waals surface area contributed by atoms with Crippen molar-refractivity contribution in [3.63, 3.8) is 0 Å². The highest BCUT2D eigenvalue weighted by Crippen LogP contribution is 2.28. The molecule has 0 aromatic heterocycles. The van der Waals surface area contributed by atoms with Crippen LogP contribution in [0.1, 0.15) is 12.0 Å². The fourth-order valence-electron chi connectivity index (χ4n) is 2.08. The molecule has 2 rings (SSSR count). The van der Waals surface area contributed by atoms with Gasteiger partial charge in [-0.1, -0.05) is 6.08 Å². The van der Waals surface area contributed by atoms with Gasteiger partial charge in [-0.25, -0.2) is 4.39 Å². The van der Waals surface area contributed by atoms with Gasteiger partial charge in [0.05, 0.1) is 13.2 Å². The summed E-state index contributed by atoms with van der Waals surface area (Å²) in [5.74, 6) is 0.599. The van der Waals surface area contributed by atoms with Gasteiger partial charge in [0.15, 0.2) is 0 Å². The van der Waals surface area contributed by atoms with E-state index in [0.29, 0.717) is 6.61 Å². The van der Waals surface area contributed by atoms with Gasteiger partial charge in [0.2, 0.25) is 0 Å². The van der Waals surface area contributed by atoms with Gasteiger partial charge in [0.25, 0.3) is 0 Å². The molecule has 1 unspecified atom stereocenters. The second kappa shape index (κ2) is 7.26. The van der Waals surface area contributed by atoms with Crippen molar-refractivity contribution >= 4 is 0 Å². The molecule has 19 heavy (non-hydrogen) atoms. The smallest absolute Gasteiger partial charge is 0.123 e. The molecule has 1 aliphatic rings. The molecule has 1 aromatic carbocycles. The van der Waals surface area contributed by atoms with Crippen LogP contribution >= 0.6 is 0 Å². The topological polar surface area (TPSA) is 30.5 Å². The number of nitrogens with one attached hydrogen (secondary N) is 1. The zero-order valence-electron chi connectivity index (χ0n) is 11.0. The van der Waals surface area contributed by atoms with E-state index in [4.69, 9.17) is 9.47 Å². The van der Waals surface area contributed by atoms with Gasteiger partial charge in [-0.3, -0.25) is 0 Å². The highest BCUT2D eigenvalue weighted by molar-refractivity contribution is 5.37. The van der Waals surface area contributed by atoms with E-state index in [1.807, 2.05) is 6.08 Å². The normalized spacial score (nSPS) is 17.0. The average molecular weight is 265 g/mol. The quantitative estimate of drug-likeness (QED) is 0.578. The molecule has 104 valence electrons. The summed E-state index contributed by atoms with van der Waals surface area (Å²) in [4.78, 5) is 0. The van der Waals surface area contributed by atoms with Gasteiger partial charge in [-0.15, -0.1) is 6.58 Å². The van der Waals surface area contributed by atoms with E-state index in [-0.39, 0.29) is 11.9 Å². The Hall–Kier alpha value is -1.39. The Balaban J connectivity index is 1.60. The molecule has 1 atom stereocenters. The molecule has 0 radical (unpaired) electrons. The summed E-state index contributed by atoms with van der Waals surface area (Å²) >= 11 is 0. The Kier molecular flexibility index (Phi) is 5.36. The maximum atomic E-state index is 13.0. The van der Waals surface area contributed by atoms with E-state index < -0.39 is 0 Å². The van der Waals surface area contributed by atoms with E-state index in [0.717, 1.165) is 43.9 Å². The third-order valence-electron chi connectivity index (χ3n) is 3.03. The van der Waals surface area contributed by atoms with E-state index >= 15 is 0 Å². The van der Waals surface area contributed by atoms with Crippen molar-refractivity contribution in [1.29, 1.82) is 0 Å². The summed E-state index contributed by atoms with van der Waals surface area (Å²) in [6.45, 7) is 6.58. The molecule has 0 fully saturated rings. The Bertz CT molecular complexity index is 423. The summed E-state index contributed by atoms with van der Waals surface area (Å²) in [5, 5.41) is 3.28. The largest absolute Gasteiger partial charge is 0.488 e. The molecule has 0 amide bonds. The fourth-order valence-corrected chi connectivity index (χ4v) is 2.08. The lowest BCUT2D eigenvalue weighted by Gasteiger charge is -2.11. The molecule has 0 bridgehead atoms. The maximum absolute atomic E-state index is 13.0. The van der Waals surface area contributed by atoms with Gasteiger partial charge in [0.1, 0.15) is 17.7 Å². The van der Waals surface area contributed by atoms with Gasteiger partial charge in [0, 0.05) is 25.1 Å². The molecule has 0 saturated heterocycles. The first kappa shape index (κ1) is 14.0. The van der Waals surface area contributed by atoms with Crippen LogP contribution in [-0.4, -0.2) is 32.4 Å². The first-order valence-electron chi connectivity index (χ1n) is 6.64. The van der Waals surface area contributed by atoms with Crippen LogP contribution in [0, 0.1) is 5.82 Å². The first-order valence-corrected chi connectivity index (χ1v) is 6.64. The lowest BCUT2D eigenvalue weighted by Crippen LogP contribution is -2.32. The SMILES string of the molecule is C=CCCOCCNCC1Cc2cc(F)ccc2O1. The van der Waals surface area contributed by atoms with E-state index in [2.05, 4.69) is 11.9 Å². The van der Waals surface area contributed by atoms with Crippen LogP contribution in [0.5, 0.6) is 5.75 Å². The first-order chi connectivity index (χ1) is 9.29. The summed E-state index contributed by atoms with van der Waals surface area (Å²) < 4.78 is 24.2. The molecule has 1 N–H and O–H groups in total. The van der Waals surface area contributed by atoms with Crippen LogP contribution in [0.4, 0.5) is 4.39 Å². The number of hydrogen-bond acceptors (Lipinski definition) is 3. The van der Waals surface area contributed by atoms with Crippen molar-refractivity contribution in [1.82, 2.24) is 5.32 Å². The van der Waals surface area contributed by atoms with Crippen molar-refractivity contribution in [2.75, 3.05) is 26.3 Å². The average Bonchev–Trinajstić information content (AvgIpc) is 2.79. The molecular formula is C15H20FNO2. The van der Waals surface area contributed by atoms with Crippen molar-refractivity contribution in [2.45, 2.75) is 18.9 Å². The minimum Gasteiger partial charge on any atom is -0.488 e. The number of ether oxygens (including phenoxy) is 2. The second-order valence-electron chi connectivity index (χ2n) is 4.59. The molecule has 0 spiro atoms. The van der Waals surface area contributed by atoms with Crippen molar-refractivity contribution < 1.29 is 13.9 Å². The Morgan fingerprint density at radius 2 is 2.37 bits per heavy atom. The minimum absolute atomic E-state index is 0.0879. The summed E-state index contributed by atoms with van der Waals surface area (Å²) in [5.41, 5.74) is 0.953. The van der Waals surface area contributed by atoms with Crippen LogP contribution < -0.4 is 10.1 Å². The summed E-state index contributed by atoms with van der Waals surface area (Å²) in [6, 6.07) is 4.68. The number of halogens is 1. The number of benzene rings is 1. The molecule has 0 aliphatic carbocycles. The van der Waals surface area contributed by atoms with E-state index in [1.165, 1.54) is 6.07 Å². The number of rotatable bonds is 8. The zero-order valence-corrected chi connectivity index (χ0v) is 11.0. The number of fused-ring (bicyclic) bond motifs is 1. The zero-order chi connectivity index (χ0) is 13.5. The van der Waals surface area contributed by atoms with Gasteiger partial charge < -0.3 is 14.8 Å². The third kappa shape index (κ3) is 4.33. The van der Waals surface area contributed by atoms with Crippen LogP contribution in [0.25, 0.3) is 0 Å². The molecular weight excluding hydrogens is 245 g/mol. The molecule has 3 nitrogen and oxygen atoms in total. The molecule has 1 aromatic rings. The van der Waals surface area contributed by atoms with Crippen LogP contribution in [-0.2, 0) is 11.2 Å². The monoisotopic (exact) mass is 265 g/mol. The minimum atomic E-state index is -0.202. The number of hydrogen-bond donors (Lipinski definition) is 1. The van der Waals surface area contributed by atoms with Crippen LogP contribution in [0.15, 0.2) is 30.9 Å². The molecule has 1 heterocycles. The van der Waals surface area contributed by atoms with Gasteiger partial charge in [-0.2, -0.15) is 0 Å². The summed E-state index contributed by atoms with van der Waals surface area (Å²) in [7, 11) is 0. The van der Waals surface area contributed by atoms with E-state index in [9.17, 15) is 4.39 Å². The van der Waals surface area contributed by atoms with Crippen LogP contribution in [0.3, 0.4) is 0 Å². The van der Waals surface area contributed by atoms with Gasteiger partial charge in [-0.05, 0) is 24.6 Å². The fraction of sp³-hybridized carbons (Fsp3) is 0.467. The van der Waals surface area contributed by atoms with Crippen LogP contribution in [0.2, 0.25) is 0 Å². The van der Waals surface area contributed by atoms with Crippen molar-refractivity contribution in [2.24, 2.45) is 0 Å². The molecule has 4 heteroatoms. The Morgan fingerprint density at radius 3 is 3.21 bits per heavy atom. The predicted octanol–water partition coefficient (Wildman–Crippen LogP) is 2.31. The molecule has 1 aliphatic heterocycles. The maximum Gasteiger partial charge on any atom is 0.123 e. The van der Waals surface area contributed by atoms with Crippen molar-refractivity contribution in [3.8, 4) is 5.75 Å². The lowest BCUT2D eigenvalue weighted by atomic mass is 10.1. The third-order valence-corrected chi connectivity index (χ3v) is 3.03. The Labute approximate surface area is 113 Å². The summed E-state index contributed by atoms with van der Waals surface area (Å²) in [6.07, 6.45) is 3.57. The Morgan fingerprint density at radius 1 is 1.47 bits per heavy atom. The lowest BCUT2D eigenvalue weighted by molar-refractivity contribution is 0.136.